The Kier molecular flexibility index (Phi) is 6.45. The van der Waals surface area contributed by atoms with Crippen molar-refractivity contribution in [3.8, 4) is 0 Å². The lowest BCUT2D eigenvalue weighted by Gasteiger charge is -2.30. The van der Waals surface area contributed by atoms with Crippen molar-refractivity contribution in [3.05, 3.63) is 29.3 Å². The number of hydrogen-bond acceptors (Lipinski definition) is 2. The monoisotopic (exact) mass is 345 g/mol. The molecule has 25 heavy (non-hydrogen) atoms. The van der Waals surface area contributed by atoms with Gasteiger partial charge in [0.05, 0.1) is 0 Å². The summed E-state index contributed by atoms with van der Waals surface area (Å²) in [7, 11) is 0. The molecule has 2 rings (SSSR count). The average molecular weight is 345 g/mol. The Morgan fingerprint density at radius 1 is 1.16 bits per heavy atom. The second-order valence-electron chi connectivity index (χ2n) is 7.64. The van der Waals surface area contributed by atoms with Gasteiger partial charge in [-0.25, -0.2) is 4.79 Å². The summed E-state index contributed by atoms with van der Waals surface area (Å²) in [5.74, 6) is 1.16. The van der Waals surface area contributed by atoms with Crippen LogP contribution in [0.15, 0.2) is 18.2 Å². The van der Waals surface area contributed by atoms with Crippen LogP contribution in [-0.4, -0.2) is 36.0 Å². The molecule has 0 radical (unpaired) electrons. The third-order valence-corrected chi connectivity index (χ3v) is 5.15. The highest BCUT2D eigenvalue weighted by molar-refractivity contribution is 5.96. The van der Waals surface area contributed by atoms with Gasteiger partial charge in [-0.1, -0.05) is 20.8 Å². The zero-order valence-electron chi connectivity index (χ0n) is 16.1. The molecule has 0 bridgehead atoms. The number of anilines is 1. The van der Waals surface area contributed by atoms with Crippen LogP contribution in [0.4, 0.5) is 10.5 Å². The van der Waals surface area contributed by atoms with Gasteiger partial charge in [0.25, 0.3) is 5.91 Å². The summed E-state index contributed by atoms with van der Waals surface area (Å²) in [6.07, 6.45) is 2.14. The Bertz CT molecular complexity index is 619. The number of benzene rings is 1. The van der Waals surface area contributed by atoms with Crippen molar-refractivity contribution >= 4 is 17.6 Å². The summed E-state index contributed by atoms with van der Waals surface area (Å²) >= 11 is 0. The molecule has 5 nitrogen and oxygen atoms in total. The van der Waals surface area contributed by atoms with Crippen LogP contribution in [0.2, 0.25) is 0 Å². The Labute approximate surface area is 151 Å². The minimum atomic E-state index is -0.214. The molecule has 1 aliphatic rings. The first kappa shape index (κ1) is 19.3. The molecule has 1 aliphatic heterocycles. The number of urea groups is 1. The lowest BCUT2D eigenvalue weighted by Crippen LogP contribution is -2.39. The van der Waals surface area contributed by atoms with Crippen LogP contribution in [0, 0.1) is 18.8 Å². The second kappa shape index (κ2) is 8.37. The fraction of sp³-hybridized carbons (Fsp3) is 0.600. The summed E-state index contributed by atoms with van der Waals surface area (Å²) in [5, 5.41) is 5.80. The summed E-state index contributed by atoms with van der Waals surface area (Å²) < 4.78 is 0. The van der Waals surface area contributed by atoms with Gasteiger partial charge in [-0.3, -0.25) is 4.79 Å². The van der Waals surface area contributed by atoms with Crippen LogP contribution in [0.25, 0.3) is 0 Å². The molecule has 2 N–H and O–H groups in total. The normalized spacial score (nSPS) is 16.6. The van der Waals surface area contributed by atoms with Crippen LogP contribution < -0.4 is 10.6 Å². The molecule has 0 saturated carbocycles. The number of nitrogens with one attached hydrogen (secondary N) is 2. The topological polar surface area (TPSA) is 61.4 Å². The summed E-state index contributed by atoms with van der Waals surface area (Å²) in [6, 6.07) is 5.36. The first-order valence-corrected chi connectivity index (χ1v) is 9.25. The molecule has 1 unspecified atom stereocenters. The number of carbonyl (C=O) groups is 2. The molecule has 0 aliphatic carbocycles. The number of piperidine rings is 1. The predicted molar refractivity (Wildman–Crippen MR) is 102 cm³/mol. The van der Waals surface area contributed by atoms with E-state index in [-0.39, 0.29) is 18.0 Å². The third-order valence-electron chi connectivity index (χ3n) is 5.15. The lowest BCUT2D eigenvalue weighted by atomic mass is 9.98. The van der Waals surface area contributed by atoms with Gasteiger partial charge in [0.15, 0.2) is 0 Å². The Morgan fingerprint density at radius 3 is 2.36 bits per heavy atom. The first-order valence-electron chi connectivity index (χ1n) is 9.25. The quantitative estimate of drug-likeness (QED) is 0.865. The predicted octanol–water partition coefficient (Wildman–Crippen LogP) is 4.03. The SMILES string of the molecule is Cc1cc(C(=O)N2CCC(C)CC2)ccc1NC(=O)NC(C)C(C)C. The van der Waals surface area contributed by atoms with E-state index in [1.54, 1.807) is 6.07 Å². The highest BCUT2D eigenvalue weighted by Gasteiger charge is 2.22. The van der Waals surface area contributed by atoms with Crippen molar-refractivity contribution < 1.29 is 9.59 Å². The van der Waals surface area contributed by atoms with E-state index in [9.17, 15) is 9.59 Å². The smallest absolute Gasteiger partial charge is 0.319 e. The molecule has 138 valence electrons. The van der Waals surface area contributed by atoms with Crippen molar-refractivity contribution in [2.24, 2.45) is 11.8 Å². The molecule has 3 amide bonds. The van der Waals surface area contributed by atoms with Crippen LogP contribution in [0.5, 0.6) is 0 Å². The van der Waals surface area contributed by atoms with Gasteiger partial charge in [0.2, 0.25) is 0 Å². The van der Waals surface area contributed by atoms with Crippen LogP contribution >= 0.6 is 0 Å². The summed E-state index contributed by atoms with van der Waals surface area (Å²) in [5.41, 5.74) is 2.31. The molecule has 1 aromatic rings. The highest BCUT2D eigenvalue weighted by Crippen LogP contribution is 2.21. The van der Waals surface area contributed by atoms with E-state index in [1.807, 2.05) is 30.9 Å². The van der Waals surface area contributed by atoms with Crippen molar-refractivity contribution in [2.75, 3.05) is 18.4 Å². The number of carbonyl (C=O) groups excluding carboxylic acids is 2. The van der Waals surface area contributed by atoms with Gasteiger partial charge >= 0.3 is 6.03 Å². The number of hydrogen-bond donors (Lipinski definition) is 2. The van der Waals surface area contributed by atoms with Crippen LogP contribution in [0.3, 0.4) is 0 Å². The maximum atomic E-state index is 12.6. The molecular weight excluding hydrogens is 314 g/mol. The molecule has 1 fully saturated rings. The second-order valence-corrected chi connectivity index (χ2v) is 7.64. The molecule has 1 aromatic carbocycles. The Hall–Kier alpha value is -2.04. The maximum Gasteiger partial charge on any atom is 0.319 e. The van der Waals surface area contributed by atoms with Gasteiger partial charge in [0.1, 0.15) is 0 Å². The third kappa shape index (κ3) is 5.21. The van der Waals surface area contributed by atoms with Crippen molar-refractivity contribution in [1.29, 1.82) is 0 Å². The molecule has 1 atom stereocenters. The fourth-order valence-corrected chi connectivity index (χ4v) is 2.86. The molecule has 1 saturated heterocycles. The number of aryl methyl sites for hydroxylation is 1. The average Bonchev–Trinajstić information content (AvgIpc) is 2.56. The van der Waals surface area contributed by atoms with Crippen molar-refractivity contribution in [3.63, 3.8) is 0 Å². The zero-order chi connectivity index (χ0) is 18.6. The van der Waals surface area contributed by atoms with E-state index in [0.29, 0.717) is 17.4 Å². The van der Waals surface area contributed by atoms with Gasteiger partial charge in [0, 0.05) is 30.4 Å². The zero-order valence-corrected chi connectivity index (χ0v) is 16.1. The van der Waals surface area contributed by atoms with E-state index in [4.69, 9.17) is 0 Å². The Balaban J connectivity index is 2.00. The van der Waals surface area contributed by atoms with Crippen LogP contribution in [0.1, 0.15) is 56.5 Å². The minimum Gasteiger partial charge on any atom is -0.339 e. The summed E-state index contributed by atoms with van der Waals surface area (Å²) in [6.45, 7) is 11.9. The number of likely N-dealkylation sites (tertiary alicyclic amines) is 1. The molecular formula is C20H31N3O2. The first-order chi connectivity index (χ1) is 11.8. The van der Waals surface area contributed by atoms with E-state index in [2.05, 4.69) is 31.4 Å². The molecule has 5 heteroatoms. The van der Waals surface area contributed by atoms with E-state index in [0.717, 1.165) is 37.2 Å². The maximum absolute atomic E-state index is 12.6. The largest absolute Gasteiger partial charge is 0.339 e. The van der Waals surface area contributed by atoms with Crippen molar-refractivity contribution in [1.82, 2.24) is 10.2 Å². The summed E-state index contributed by atoms with van der Waals surface area (Å²) in [4.78, 5) is 26.6. The van der Waals surface area contributed by atoms with Gasteiger partial charge in [-0.15, -0.1) is 0 Å². The van der Waals surface area contributed by atoms with E-state index in [1.165, 1.54) is 0 Å². The standard InChI is InChI=1S/C20H31N3O2/c1-13(2)16(5)21-20(25)22-18-7-6-17(12-15(18)4)19(24)23-10-8-14(3)9-11-23/h6-7,12-14,16H,8-11H2,1-5H3,(H2,21,22,25). The highest BCUT2D eigenvalue weighted by atomic mass is 16.2. The van der Waals surface area contributed by atoms with Gasteiger partial charge < -0.3 is 15.5 Å². The minimum absolute atomic E-state index is 0.0828. The lowest BCUT2D eigenvalue weighted by molar-refractivity contribution is 0.0697. The number of rotatable bonds is 4. The fourth-order valence-electron chi connectivity index (χ4n) is 2.86. The molecule has 1 heterocycles. The van der Waals surface area contributed by atoms with Gasteiger partial charge in [-0.2, -0.15) is 0 Å². The Morgan fingerprint density at radius 2 is 1.80 bits per heavy atom. The van der Waals surface area contributed by atoms with Gasteiger partial charge in [-0.05, 0) is 62.3 Å². The van der Waals surface area contributed by atoms with Crippen molar-refractivity contribution in [2.45, 2.75) is 53.5 Å². The van der Waals surface area contributed by atoms with E-state index < -0.39 is 0 Å². The molecule has 0 aromatic heterocycles. The van der Waals surface area contributed by atoms with Crippen LogP contribution in [-0.2, 0) is 0 Å². The number of amides is 3. The number of nitrogens with zero attached hydrogens (tertiary/aromatic N) is 1. The molecule has 0 spiro atoms. The van der Waals surface area contributed by atoms with E-state index >= 15 is 0 Å².